The molecule has 1 aliphatic heterocycles. The highest BCUT2D eigenvalue weighted by atomic mass is 16.5. The van der Waals surface area contributed by atoms with E-state index in [-0.39, 0.29) is 60.7 Å². The SMILES string of the molecule is CC[C@H](C)[C@@H]([C@@H](CC(=O)N1CCC[C@H]1[C@H](OC)[C@@H](C)C(=O)N[C@@H](Cc1ccccc1)C(=O)O)OC)N(C)C(=O)[C@@H](CC(=O)[C@H](C(C)C)N(C)CCc1ccc(C)cc1)C(C)C. The number of likely N-dealkylation sites (tertiary alicyclic amines) is 1. The third kappa shape index (κ3) is 14.2. The fourth-order valence-electron chi connectivity index (χ4n) is 9.19. The number of nitrogens with one attached hydrogen (secondary N) is 1. The van der Waals surface area contributed by atoms with Crippen LogP contribution in [0.5, 0.6) is 0 Å². The lowest BCUT2D eigenvalue weighted by Crippen LogP contribution is -2.55. The molecule has 3 amide bonds. The molecule has 12 nitrogen and oxygen atoms in total. The molecule has 12 heteroatoms. The van der Waals surface area contributed by atoms with Crippen LogP contribution in [0.25, 0.3) is 0 Å². The molecule has 0 spiro atoms. The molecule has 1 fully saturated rings. The zero-order valence-electron chi connectivity index (χ0n) is 39.1. The Bertz CT molecular complexity index is 1700. The van der Waals surface area contributed by atoms with Crippen LogP contribution < -0.4 is 5.32 Å². The molecule has 340 valence electrons. The number of nitrogens with zero attached hydrogens (tertiary/aromatic N) is 3. The van der Waals surface area contributed by atoms with Crippen LogP contribution in [0.3, 0.4) is 0 Å². The van der Waals surface area contributed by atoms with Crippen LogP contribution >= 0.6 is 0 Å². The standard InChI is InChI=1S/C49H76N4O8/c1-13-34(7)45(52(10)48(57)38(31(2)3)29-41(54)44(32(4)5)51(9)27-25-36-23-21-33(6)22-24-36)42(60-11)30-43(55)53-26-17-20-40(53)46(61-12)35(8)47(56)50-39(49(58)59)28-37-18-15-14-16-19-37/h14-16,18-19,21-24,31-32,34-35,38-40,42,44-46H,13,17,20,25-30H2,1-12H3,(H,50,56)(H,58,59)/t34-,35+,38-,39-,40-,42+,44-,45-,46+/m0/s1. The second kappa shape index (κ2) is 24.5. The molecule has 1 aliphatic rings. The maximum Gasteiger partial charge on any atom is 0.326 e. The number of Topliss-reactive ketones (excluding diaryl/α,β-unsaturated/α-hetero) is 1. The highest BCUT2D eigenvalue weighted by molar-refractivity contribution is 5.90. The Morgan fingerprint density at radius 1 is 0.869 bits per heavy atom. The van der Waals surface area contributed by atoms with E-state index in [0.29, 0.717) is 25.9 Å². The smallest absolute Gasteiger partial charge is 0.326 e. The molecule has 0 unspecified atom stereocenters. The van der Waals surface area contributed by atoms with Gasteiger partial charge in [-0.05, 0) is 62.1 Å². The minimum absolute atomic E-state index is 0.00127. The summed E-state index contributed by atoms with van der Waals surface area (Å²) in [5.74, 6) is -3.27. The van der Waals surface area contributed by atoms with Gasteiger partial charge in [-0.3, -0.25) is 24.1 Å². The normalized spacial score (nSPS) is 18.3. The number of aliphatic carboxylic acids is 1. The second-order valence-electron chi connectivity index (χ2n) is 18.1. The fraction of sp³-hybridized carbons (Fsp3) is 0.653. The summed E-state index contributed by atoms with van der Waals surface area (Å²) in [7, 11) is 6.83. The molecule has 2 N–H and O–H groups in total. The number of aryl methyl sites for hydroxylation is 1. The van der Waals surface area contributed by atoms with Gasteiger partial charge in [0.1, 0.15) is 6.04 Å². The zero-order valence-corrected chi connectivity index (χ0v) is 39.1. The topological polar surface area (TPSA) is 146 Å². The highest BCUT2D eigenvalue weighted by Gasteiger charge is 2.43. The highest BCUT2D eigenvalue weighted by Crippen LogP contribution is 2.31. The number of benzene rings is 2. The number of methoxy groups -OCH3 is 2. The van der Waals surface area contributed by atoms with E-state index in [4.69, 9.17) is 9.47 Å². The Balaban J connectivity index is 1.76. The quantitative estimate of drug-likeness (QED) is 0.115. The maximum absolute atomic E-state index is 14.6. The van der Waals surface area contributed by atoms with Crippen molar-refractivity contribution in [1.29, 1.82) is 0 Å². The van der Waals surface area contributed by atoms with Gasteiger partial charge in [-0.15, -0.1) is 0 Å². The van der Waals surface area contributed by atoms with E-state index in [1.165, 1.54) is 18.2 Å². The van der Waals surface area contributed by atoms with Gasteiger partial charge in [-0.1, -0.05) is 115 Å². The molecule has 2 aromatic rings. The number of ketones is 1. The number of ether oxygens (including phenoxy) is 2. The van der Waals surface area contributed by atoms with E-state index in [1.54, 1.807) is 30.9 Å². The zero-order chi connectivity index (χ0) is 45.6. The van der Waals surface area contributed by atoms with Gasteiger partial charge in [0.25, 0.3) is 0 Å². The first-order valence-corrected chi connectivity index (χ1v) is 22.3. The lowest BCUT2D eigenvalue weighted by Gasteiger charge is -2.41. The average molecular weight is 849 g/mol. The van der Waals surface area contributed by atoms with Crippen LogP contribution in [0.15, 0.2) is 54.6 Å². The largest absolute Gasteiger partial charge is 0.480 e. The van der Waals surface area contributed by atoms with Gasteiger partial charge >= 0.3 is 5.97 Å². The molecule has 1 saturated heterocycles. The monoisotopic (exact) mass is 849 g/mol. The number of carbonyl (C=O) groups is 5. The summed E-state index contributed by atoms with van der Waals surface area (Å²) in [4.78, 5) is 74.4. The summed E-state index contributed by atoms with van der Waals surface area (Å²) < 4.78 is 12.0. The molecule has 0 radical (unpaired) electrons. The molecule has 0 aromatic heterocycles. The van der Waals surface area contributed by atoms with Crippen LogP contribution in [0, 0.1) is 36.5 Å². The molecule has 1 heterocycles. The van der Waals surface area contributed by atoms with E-state index >= 15 is 0 Å². The summed E-state index contributed by atoms with van der Waals surface area (Å²) in [5.41, 5.74) is 3.21. The van der Waals surface area contributed by atoms with Crippen molar-refractivity contribution in [1.82, 2.24) is 20.0 Å². The van der Waals surface area contributed by atoms with Crippen molar-refractivity contribution in [3.05, 3.63) is 71.3 Å². The van der Waals surface area contributed by atoms with Gasteiger partial charge in [0.05, 0.1) is 42.7 Å². The van der Waals surface area contributed by atoms with Crippen LogP contribution in [0.1, 0.15) is 97.3 Å². The molecule has 3 rings (SSSR count). The van der Waals surface area contributed by atoms with Crippen molar-refractivity contribution in [3.63, 3.8) is 0 Å². The first kappa shape index (κ1) is 51.2. The van der Waals surface area contributed by atoms with Crippen molar-refractivity contribution in [2.75, 3.05) is 41.4 Å². The van der Waals surface area contributed by atoms with Crippen LogP contribution in [0.2, 0.25) is 0 Å². The van der Waals surface area contributed by atoms with Gasteiger partial charge in [0.2, 0.25) is 17.7 Å². The van der Waals surface area contributed by atoms with Gasteiger partial charge in [0.15, 0.2) is 5.78 Å². The van der Waals surface area contributed by atoms with Gasteiger partial charge in [-0.25, -0.2) is 4.79 Å². The Hall–Kier alpha value is -4.13. The molecule has 0 bridgehead atoms. The Morgan fingerprint density at radius 2 is 1.51 bits per heavy atom. The van der Waals surface area contributed by atoms with Crippen molar-refractivity contribution in [3.8, 4) is 0 Å². The summed E-state index contributed by atoms with van der Waals surface area (Å²) in [5, 5.41) is 12.6. The number of hydrogen-bond donors (Lipinski definition) is 2. The van der Waals surface area contributed by atoms with Crippen molar-refractivity contribution >= 4 is 29.5 Å². The van der Waals surface area contributed by atoms with E-state index in [0.717, 1.165) is 18.4 Å². The number of carboxylic acids is 1. The molecule has 0 saturated carbocycles. The van der Waals surface area contributed by atoms with E-state index < -0.39 is 54.0 Å². The van der Waals surface area contributed by atoms with E-state index in [9.17, 15) is 29.1 Å². The minimum Gasteiger partial charge on any atom is -0.480 e. The molecule has 61 heavy (non-hydrogen) atoms. The molecular formula is C49H76N4O8. The molecule has 0 aliphatic carbocycles. The predicted octanol–water partition coefficient (Wildman–Crippen LogP) is 6.46. The number of likely N-dealkylation sites (N-methyl/N-ethyl adjacent to an activating group) is 2. The molecule has 9 atom stereocenters. The van der Waals surface area contributed by atoms with E-state index in [2.05, 4.69) is 69.1 Å². The summed E-state index contributed by atoms with van der Waals surface area (Å²) in [6, 6.07) is 15.2. The summed E-state index contributed by atoms with van der Waals surface area (Å²) >= 11 is 0. The first-order valence-electron chi connectivity index (χ1n) is 22.3. The first-order chi connectivity index (χ1) is 28.9. The second-order valence-corrected chi connectivity index (χ2v) is 18.1. The van der Waals surface area contributed by atoms with E-state index in [1.807, 2.05) is 51.2 Å². The Morgan fingerprint density at radius 3 is 2.05 bits per heavy atom. The summed E-state index contributed by atoms with van der Waals surface area (Å²) in [6.07, 6.45) is 1.79. The van der Waals surface area contributed by atoms with Gasteiger partial charge < -0.3 is 29.7 Å². The fourth-order valence-corrected chi connectivity index (χ4v) is 9.19. The van der Waals surface area contributed by atoms with Crippen molar-refractivity contribution in [2.24, 2.45) is 29.6 Å². The number of rotatable bonds is 25. The number of carbonyl (C=O) groups excluding carboxylic acids is 4. The lowest BCUT2D eigenvalue weighted by atomic mass is 9.83. The predicted molar refractivity (Wildman–Crippen MR) is 240 cm³/mol. The Kier molecular flexibility index (Phi) is 20.6. The van der Waals surface area contributed by atoms with Crippen LogP contribution in [-0.4, -0.2) is 127 Å². The van der Waals surface area contributed by atoms with Crippen molar-refractivity contribution < 1.29 is 38.6 Å². The minimum atomic E-state index is -1.13. The Labute approximate surface area is 366 Å². The van der Waals surface area contributed by atoms with Crippen LogP contribution in [0.4, 0.5) is 0 Å². The number of carboxylic acid groups (broad SMARTS) is 1. The maximum atomic E-state index is 14.6. The van der Waals surface area contributed by atoms with Crippen molar-refractivity contribution in [2.45, 2.75) is 137 Å². The van der Waals surface area contributed by atoms with Gasteiger partial charge in [0, 0.05) is 53.1 Å². The van der Waals surface area contributed by atoms with Crippen LogP contribution in [-0.2, 0) is 46.3 Å². The average Bonchev–Trinajstić information content (AvgIpc) is 3.71. The third-order valence-corrected chi connectivity index (χ3v) is 13.0. The third-order valence-electron chi connectivity index (χ3n) is 13.0. The molecule has 2 aromatic carbocycles. The van der Waals surface area contributed by atoms with Gasteiger partial charge in [-0.2, -0.15) is 0 Å². The summed E-state index contributed by atoms with van der Waals surface area (Å²) in [6.45, 7) is 17.1. The molecular weight excluding hydrogens is 773 g/mol. The number of amides is 3. The lowest BCUT2D eigenvalue weighted by molar-refractivity contribution is -0.149. The number of hydrogen-bond acceptors (Lipinski definition) is 8.